The zero-order chi connectivity index (χ0) is 16.8. The molecule has 24 heavy (non-hydrogen) atoms. The van der Waals surface area contributed by atoms with Crippen molar-refractivity contribution in [2.24, 2.45) is 0 Å². The average molecular weight is 320 g/mol. The van der Waals surface area contributed by atoms with E-state index in [1.54, 1.807) is 18.3 Å². The lowest BCUT2D eigenvalue weighted by Crippen LogP contribution is -2.32. The highest BCUT2D eigenvalue weighted by atomic mass is 16.2. The van der Waals surface area contributed by atoms with Crippen LogP contribution in [0.25, 0.3) is 0 Å². The molecule has 1 aromatic heterocycles. The van der Waals surface area contributed by atoms with Crippen LogP contribution in [-0.4, -0.2) is 28.9 Å². The van der Waals surface area contributed by atoms with Crippen LogP contribution in [0.5, 0.6) is 0 Å². The first-order valence-electron chi connectivity index (χ1n) is 8.29. The number of hydrogen-bond donors (Lipinski definition) is 1. The number of rotatable bonds is 3. The van der Waals surface area contributed by atoms with E-state index in [1.807, 2.05) is 29.2 Å². The molecule has 1 saturated heterocycles. The third kappa shape index (κ3) is 3.72. The highest BCUT2D eigenvalue weighted by Gasteiger charge is 2.18. The van der Waals surface area contributed by atoms with Crippen molar-refractivity contribution < 1.29 is 4.79 Å². The largest absolute Gasteiger partial charge is 0.353 e. The van der Waals surface area contributed by atoms with Gasteiger partial charge in [0.25, 0.3) is 5.91 Å². The van der Waals surface area contributed by atoms with Gasteiger partial charge in [0.05, 0.1) is 23.1 Å². The Balaban J connectivity index is 1.71. The van der Waals surface area contributed by atoms with Gasteiger partial charge >= 0.3 is 0 Å². The molecular formula is C19H20N4O. The van der Waals surface area contributed by atoms with Crippen molar-refractivity contribution in [3.05, 3.63) is 53.9 Å². The minimum absolute atomic E-state index is 0.000810. The summed E-state index contributed by atoms with van der Waals surface area (Å²) in [5.41, 5.74) is 2.52. The number of hydrogen-bond acceptors (Lipinski definition) is 4. The molecule has 1 aliphatic heterocycles. The number of nitrogens with zero attached hydrogens (tertiary/aromatic N) is 3. The Hall–Kier alpha value is -2.87. The molecule has 1 amide bonds. The number of anilines is 2. The van der Waals surface area contributed by atoms with Gasteiger partial charge in [-0.05, 0) is 37.1 Å². The van der Waals surface area contributed by atoms with Crippen molar-refractivity contribution in [2.75, 3.05) is 18.4 Å². The summed E-state index contributed by atoms with van der Waals surface area (Å²) in [6.45, 7) is 1.63. The van der Waals surface area contributed by atoms with Gasteiger partial charge in [-0.25, -0.2) is 4.98 Å². The summed E-state index contributed by atoms with van der Waals surface area (Å²) in [6, 6.07) is 13.0. The molecule has 0 aliphatic carbocycles. The number of amides is 1. The van der Waals surface area contributed by atoms with Crippen molar-refractivity contribution in [3.8, 4) is 6.07 Å². The van der Waals surface area contributed by atoms with Gasteiger partial charge in [0, 0.05) is 13.1 Å². The molecule has 122 valence electrons. The number of para-hydroxylation sites is 1. The third-order valence-electron chi connectivity index (χ3n) is 4.20. The summed E-state index contributed by atoms with van der Waals surface area (Å²) in [7, 11) is 0. The summed E-state index contributed by atoms with van der Waals surface area (Å²) in [6.07, 6.45) is 6.16. The highest BCUT2D eigenvalue weighted by Crippen LogP contribution is 2.20. The lowest BCUT2D eigenvalue weighted by atomic mass is 10.2. The maximum absolute atomic E-state index is 12.5. The SMILES string of the molecule is N#Cc1ccccc1Nc1ccc(C(=O)N2CCCCCC2)nc1. The van der Waals surface area contributed by atoms with Crippen LogP contribution in [-0.2, 0) is 0 Å². The third-order valence-corrected chi connectivity index (χ3v) is 4.20. The Kier molecular flexibility index (Phi) is 5.07. The fraction of sp³-hybridized carbons (Fsp3) is 0.316. The summed E-state index contributed by atoms with van der Waals surface area (Å²) in [4.78, 5) is 18.7. The normalized spacial score (nSPS) is 14.5. The van der Waals surface area contributed by atoms with Gasteiger partial charge in [0.15, 0.2) is 0 Å². The zero-order valence-corrected chi connectivity index (χ0v) is 13.5. The Morgan fingerprint density at radius 2 is 1.83 bits per heavy atom. The van der Waals surface area contributed by atoms with Gasteiger partial charge < -0.3 is 10.2 Å². The molecule has 1 N–H and O–H groups in total. The highest BCUT2D eigenvalue weighted by molar-refractivity contribution is 5.92. The molecule has 1 aromatic carbocycles. The second-order valence-corrected chi connectivity index (χ2v) is 5.92. The van der Waals surface area contributed by atoms with Gasteiger partial charge in [-0.2, -0.15) is 5.26 Å². The molecule has 5 nitrogen and oxygen atoms in total. The Bertz CT molecular complexity index is 741. The molecule has 0 saturated carbocycles. The minimum Gasteiger partial charge on any atom is -0.353 e. The van der Waals surface area contributed by atoms with E-state index in [-0.39, 0.29) is 5.91 Å². The lowest BCUT2D eigenvalue weighted by molar-refractivity contribution is 0.0756. The molecule has 2 heterocycles. The van der Waals surface area contributed by atoms with E-state index in [0.29, 0.717) is 11.3 Å². The summed E-state index contributed by atoms with van der Waals surface area (Å²) in [5.74, 6) is 0.000810. The van der Waals surface area contributed by atoms with E-state index in [1.165, 1.54) is 12.8 Å². The summed E-state index contributed by atoms with van der Waals surface area (Å²) >= 11 is 0. The zero-order valence-electron chi connectivity index (χ0n) is 13.5. The molecule has 0 spiro atoms. The molecule has 0 atom stereocenters. The Morgan fingerprint density at radius 3 is 2.50 bits per heavy atom. The predicted molar refractivity (Wildman–Crippen MR) is 93.0 cm³/mol. The van der Waals surface area contributed by atoms with Crippen molar-refractivity contribution >= 4 is 17.3 Å². The van der Waals surface area contributed by atoms with Crippen LogP contribution in [0.2, 0.25) is 0 Å². The van der Waals surface area contributed by atoms with E-state index in [2.05, 4.69) is 16.4 Å². The van der Waals surface area contributed by atoms with Crippen molar-refractivity contribution in [3.63, 3.8) is 0 Å². The standard InChI is InChI=1S/C19H20N4O/c20-13-15-7-3-4-8-17(15)22-16-9-10-18(21-14-16)19(24)23-11-5-1-2-6-12-23/h3-4,7-10,14,22H,1-2,5-6,11-12H2. The quantitative estimate of drug-likeness (QED) is 0.936. The fourth-order valence-corrected chi connectivity index (χ4v) is 2.88. The number of likely N-dealkylation sites (tertiary alicyclic amines) is 1. The molecule has 1 aliphatic rings. The number of carbonyl (C=O) groups excluding carboxylic acids is 1. The topological polar surface area (TPSA) is 69.0 Å². The van der Waals surface area contributed by atoms with Gasteiger partial charge in [-0.1, -0.05) is 25.0 Å². The monoisotopic (exact) mass is 320 g/mol. The molecule has 2 aromatic rings. The lowest BCUT2D eigenvalue weighted by Gasteiger charge is -2.19. The van der Waals surface area contributed by atoms with Gasteiger partial charge in [-0.3, -0.25) is 4.79 Å². The molecular weight excluding hydrogens is 300 g/mol. The molecule has 0 unspecified atom stereocenters. The molecule has 1 fully saturated rings. The van der Waals surface area contributed by atoms with E-state index < -0.39 is 0 Å². The number of benzene rings is 1. The first-order valence-corrected chi connectivity index (χ1v) is 8.29. The Labute approximate surface area is 141 Å². The van der Waals surface area contributed by atoms with Crippen LogP contribution >= 0.6 is 0 Å². The summed E-state index contributed by atoms with van der Waals surface area (Å²) < 4.78 is 0. The second-order valence-electron chi connectivity index (χ2n) is 5.92. The maximum Gasteiger partial charge on any atom is 0.272 e. The minimum atomic E-state index is 0.000810. The van der Waals surface area contributed by atoms with Crippen molar-refractivity contribution in [1.29, 1.82) is 5.26 Å². The van der Waals surface area contributed by atoms with Crippen LogP contribution in [0.4, 0.5) is 11.4 Å². The van der Waals surface area contributed by atoms with E-state index >= 15 is 0 Å². The smallest absolute Gasteiger partial charge is 0.272 e. The summed E-state index contributed by atoms with van der Waals surface area (Å²) in [5, 5.41) is 12.3. The van der Waals surface area contributed by atoms with E-state index in [0.717, 1.165) is 37.3 Å². The van der Waals surface area contributed by atoms with Crippen LogP contribution in [0.1, 0.15) is 41.7 Å². The number of carbonyl (C=O) groups is 1. The van der Waals surface area contributed by atoms with Crippen LogP contribution < -0.4 is 5.32 Å². The van der Waals surface area contributed by atoms with Gasteiger partial charge in [0.2, 0.25) is 0 Å². The molecule has 3 rings (SSSR count). The van der Waals surface area contributed by atoms with E-state index in [9.17, 15) is 4.79 Å². The van der Waals surface area contributed by atoms with Crippen LogP contribution in [0.15, 0.2) is 42.6 Å². The van der Waals surface area contributed by atoms with Crippen LogP contribution in [0.3, 0.4) is 0 Å². The van der Waals surface area contributed by atoms with Crippen LogP contribution in [0, 0.1) is 11.3 Å². The van der Waals surface area contributed by atoms with E-state index in [4.69, 9.17) is 5.26 Å². The Morgan fingerprint density at radius 1 is 1.08 bits per heavy atom. The number of nitrogens with one attached hydrogen (secondary N) is 1. The van der Waals surface area contributed by atoms with Crippen molar-refractivity contribution in [1.82, 2.24) is 9.88 Å². The fourth-order valence-electron chi connectivity index (χ4n) is 2.88. The number of nitriles is 1. The molecule has 5 heteroatoms. The molecule has 0 radical (unpaired) electrons. The predicted octanol–water partition coefficient (Wildman–Crippen LogP) is 3.71. The first-order chi connectivity index (χ1) is 11.8. The average Bonchev–Trinajstić information content (AvgIpc) is 2.92. The number of pyridine rings is 1. The first kappa shape index (κ1) is 16.0. The molecule has 0 bridgehead atoms. The van der Waals surface area contributed by atoms with Gasteiger partial charge in [0.1, 0.15) is 11.8 Å². The maximum atomic E-state index is 12.5. The van der Waals surface area contributed by atoms with Crippen molar-refractivity contribution in [2.45, 2.75) is 25.7 Å². The second kappa shape index (κ2) is 7.60. The number of aromatic nitrogens is 1. The van der Waals surface area contributed by atoms with Gasteiger partial charge in [-0.15, -0.1) is 0 Å².